The molecule has 0 bridgehead atoms. The van der Waals surface area contributed by atoms with Crippen LogP contribution in [-0.2, 0) is 14.8 Å². The highest BCUT2D eigenvalue weighted by Crippen LogP contribution is 2.29. The largest absolute Gasteiger partial charge is 0.351 e. The number of aryl methyl sites for hydroxylation is 1. The Hall–Kier alpha value is -2.20. The van der Waals surface area contributed by atoms with E-state index in [1.54, 1.807) is 6.92 Å². The summed E-state index contributed by atoms with van der Waals surface area (Å²) < 4.78 is 25.8. The first-order valence-corrected chi connectivity index (χ1v) is 10.6. The maximum atomic E-state index is 12.7. The molecule has 1 N–H and O–H groups in total. The second-order valence-electron chi connectivity index (χ2n) is 7.05. The monoisotopic (exact) mass is 398 g/mol. The molecule has 1 amide bonds. The van der Waals surface area contributed by atoms with Crippen molar-refractivity contribution in [3.05, 3.63) is 33.9 Å². The molecule has 0 aromatic heterocycles. The number of nitrogens with one attached hydrogen (secondary N) is 1. The Balaban J connectivity index is 2.30. The summed E-state index contributed by atoms with van der Waals surface area (Å²) in [5.74, 6) is -0.416. The van der Waals surface area contributed by atoms with Crippen molar-refractivity contribution in [3.63, 3.8) is 0 Å². The second-order valence-corrected chi connectivity index (χ2v) is 8.91. The number of sulfonamides is 1. The third-order valence-electron chi connectivity index (χ3n) is 4.79. The van der Waals surface area contributed by atoms with Gasteiger partial charge in [0, 0.05) is 18.2 Å². The molecule has 1 aliphatic heterocycles. The van der Waals surface area contributed by atoms with Gasteiger partial charge < -0.3 is 10.2 Å². The summed E-state index contributed by atoms with van der Waals surface area (Å²) in [5.41, 5.74) is 0.440. The molecule has 1 aromatic carbocycles. The van der Waals surface area contributed by atoms with Crippen molar-refractivity contribution < 1.29 is 18.1 Å². The summed E-state index contributed by atoms with van der Waals surface area (Å²) in [4.78, 5) is 25.4. The third-order valence-corrected chi connectivity index (χ3v) is 6.02. The van der Waals surface area contributed by atoms with Crippen LogP contribution in [0.5, 0.6) is 0 Å². The number of hydrogen-bond donors (Lipinski definition) is 1. The first-order valence-electron chi connectivity index (χ1n) is 8.74. The van der Waals surface area contributed by atoms with Crippen LogP contribution in [0.1, 0.15) is 25.3 Å². The highest BCUT2D eigenvalue weighted by molar-refractivity contribution is 7.92. The fourth-order valence-corrected chi connectivity index (χ4v) is 4.43. The van der Waals surface area contributed by atoms with Crippen LogP contribution < -0.4 is 9.62 Å². The van der Waals surface area contributed by atoms with Gasteiger partial charge in [0.2, 0.25) is 15.9 Å². The van der Waals surface area contributed by atoms with Gasteiger partial charge in [0.05, 0.1) is 16.9 Å². The van der Waals surface area contributed by atoms with Gasteiger partial charge in [0.15, 0.2) is 0 Å². The van der Waals surface area contributed by atoms with E-state index in [0.29, 0.717) is 5.56 Å². The number of rotatable bonds is 6. The van der Waals surface area contributed by atoms with Crippen molar-refractivity contribution in [1.82, 2.24) is 10.2 Å². The Morgan fingerprint density at radius 2 is 1.96 bits per heavy atom. The van der Waals surface area contributed by atoms with Gasteiger partial charge in [-0.2, -0.15) is 0 Å². The third kappa shape index (κ3) is 5.16. The molecule has 1 atom stereocenters. The lowest BCUT2D eigenvalue weighted by molar-refractivity contribution is -0.384. The lowest BCUT2D eigenvalue weighted by Crippen LogP contribution is -2.52. The highest BCUT2D eigenvalue weighted by atomic mass is 32.2. The maximum absolute atomic E-state index is 12.7. The van der Waals surface area contributed by atoms with Gasteiger partial charge in [0.25, 0.3) is 5.69 Å². The average molecular weight is 398 g/mol. The van der Waals surface area contributed by atoms with Crippen LogP contribution in [0.2, 0.25) is 0 Å². The molecule has 10 heteroatoms. The number of benzene rings is 1. The standard InChI is InChI=1S/C17H26N4O5S/c1-12-5-6-15(21(23)24)11-16(12)20(27(4,25)26)13(2)17(22)18-14-7-9-19(3)10-8-14/h5-6,11,13-14H,7-10H2,1-4H3,(H,18,22)/t13-/m1/s1. The summed E-state index contributed by atoms with van der Waals surface area (Å²) in [7, 11) is -1.82. The van der Waals surface area contributed by atoms with E-state index in [-0.39, 0.29) is 17.4 Å². The minimum absolute atomic E-state index is 0.0104. The second kappa shape index (κ2) is 8.22. The van der Waals surface area contributed by atoms with E-state index in [1.165, 1.54) is 25.1 Å². The fourth-order valence-electron chi connectivity index (χ4n) is 3.20. The van der Waals surface area contributed by atoms with Crippen molar-refractivity contribution in [2.75, 3.05) is 30.7 Å². The van der Waals surface area contributed by atoms with Crippen LogP contribution in [0, 0.1) is 17.0 Å². The molecule has 1 fully saturated rings. The van der Waals surface area contributed by atoms with Gasteiger partial charge in [-0.05, 0) is 52.4 Å². The molecular weight excluding hydrogens is 372 g/mol. The predicted octanol–water partition coefficient (Wildman–Crippen LogP) is 1.27. The molecule has 2 rings (SSSR count). The van der Waals surface area contributed by atoms with Crippen LogP contribution in [0.25, 0.3) is 0 Å². The summed E-state index contributed by atoms with van der Waals surface area (Å²) in [6.45, 7) is 4.86. The molecule has 1 saturated heterocycles. The number of non-ortho nitro benzene ring substituents is 1. The Bertz CT molecular complexity index is 819. The number of carbonyl (C=O) groups is 1. The van der Waals surface area contributed by atoms with E-state index in [9.17, 15) is 23.3 Å². The van der Waals surface area contributed by atoms with E-state index in [4.69, 9.17) is 0 Å². The van der Waals surface area contributed by atoms with Gasteiger partial charge in [-0.25, -0.2) is 8.42 Å². The molecule has 0 aliphatic carbocycles. The lowest BCUT2D eigenvalue weighted by atomic mass is 10.1. The lowest BCUT2D eigenvalue weighted by Gasteiger charge is -2.33. The number of carbonyl (C=O) groups excluding carboxylic acids is 1. The Morgan fingerprint density at radius 3 is 2.48 bits per heavy atom. The molecule has 9 nitrogen and oxygen atoms in total. The number of piperidine rings is 1. The molecule has 1 heterocycles. The first-order chi connectivity index (χ1) is 12.5. The zero-order chi connectivity index (χ0) is 20.4. The molecule has 0 saturated carbocycles. The van der Waals surface area contributed by atoms with Crippen LogP contribution in [-0.4, -0.2) is 62.6 Å². The molecule has 0 unspecified atom stereocenters. The Labute approximate surface area is 159 Å². The summed E-state index contributed by atoms with van der Waals surface area (Å²) in [6, 6.07) is 2.94. The number of nitrogens with zero attached hydrogens (tertiary/aromatic N) is 3. The zero-order valence-electron chi connectivity index (χ0n) is 16.0. The van der Waals surface area contributed by atoms with E-state index >= 15 is 0 Å². The number of amides is 1. The van der Waals surface area contributed by atoms with Gasteiger partial charge in [-0.3, -0.25) is 19.2 Å². The first kappa shape index (κ1) is 21.1. The van der Waals surface area contributed by atoms with E-state index < -0.39 is 26.9 Å². The van der Waals surface area contributed by atoms with Crippen LogP contribution in [0.15, 0.2) is 18.2 Å². The van der Waals surface area contributed by atoms with E-state index in [1.807, 2.05) is 7.05 Å². The van der Waals surface area contributed by atoms with Gasteiger partial charge in [-0.1, -0.05) is 6.07 Å². The van der Waals surface area contributed by atoms with Gasteiger partial charge in [-0.15, -0.1) is 0 Å². The summed E-state index contributed by atoms with van der Waals surface area (Å²) in [5, 5.41) is 14.0. The Kier molecular flexibility index (Phi) is 6.42. The van der Waals surface area contributed by atoms with E-state index in [0.717, 1.165) is 36.5 Å². The van der Waals surface area contributed by atoms with Crippen LogP contribution >= 0.6 is 0 Å². The Morgan fingerprint density at radius 1 is 1.37 bits per heavy atom. The smallest absolute Gasteiger partial charge is 0.271 e. The zero-order valence-corrected chi connectivity index (χ0v) is 16.8. The number of nitro groups is 1. The minimum Gasteiger partial charge on any atom is -0.351 e. The number of likely N-dealkylation sites (tertiary alicyclic amines) is 1. The summed E-state index contributed by atoms with van der Waals surface area (Å²) >= 11 is 0. The average Bonchev–Trinajstić information content (AvgIpc) is 2.57. The molecule has 1 aliphatic rings. The van der Waals surface area contributed by atoms with Crippen LogP contribution in [0.4, 0.5) is 11.4 Å². The van der Waals surface area contributed by atoms with Gasteiger partial charge >= 0.3 is 0 Å². The van der Waals surface area contributed by atoms with Gasteiger partial charge in [0.1, 0.15) is 6.04 Å². The quantitative estimate of drug-likeness (QED) is 0.570. The molecule has 27 heavy (non-hydrogen) atoms. The van der Waals surface area contributed by atoms with Crippen molar-refractivity contribution >= 4 is 27.3 Å². The molecule has 150 valence electrons. The topological polar surface area (TPSA) is 113 Å². The number of anilines is 1. The maximum Gasteiger partial charge on any atom is 0.271 e. The van der Waals surface area contributed by atoms with Crippen molar-refractivity contribution in [1.29, 1.82) is 0 Å². The fraction of sp³-hybridized carbons (Fsp3) is 0.588. The van der Waals surface area contributed by atoms with Crippen molar-refractivity contribution in [2.24, 2.45) is 0 Å². The SMILES string of the molecule is Cc1ccc([N+](=O)[O-])cc1N([C@H](C)C(=O)NC1CCN(C)CC1)S(C)(=O)=O. The number of nitro benzene ring substituents is 1. The van der Waals surface area contributed by atoms with Crippen molar-refractivity contribution in [2.45, 2.75) is 38.8 Å². The summed E-state index contributed by atoms with van der Waals surface area (Å²) in [6.07, 6.45) is 2.58. The normalized spacial score (nSPS) is 17.3. The highest BCUT2D eigenvalue weighted by Gasteiger charge is 2.32. The molecule has 0 radical (unpaired) electrons. The predicted molar refractivity (Wildman–Crippen MR) is 103 cm³/mol. The minimum atomic E-state index is -3.84. The number of hydrogen-bond acceptors (Lipinski definition) is 6. The molecular formula is C17H26N4O5S. The molecule has 0 spiro atoms. The van der Waals surface area contributed by atoms with Crippen LogP contribution in [0.3, 0.4) is 0 Å². The van der Waals surface area contributed by atoms with Crippen molar-refractivity contribution in [3.8, 4) is 0 Å². The molecule has 1 aromatic rings. The van der Waals surface area contributed by atoms with E-state index in [2.05, 4.69) is 10.2 Å².